The number of aromatic amines is 1. The lowest BCUT2D eigenvalue weighted by atomic mass is 10.4. The molecule has 3 aromatic heterocycles. The fourth-order valence-electron chi connectivity index (χ4n) is 1.94. The van der Waals surface area contributed by atoms with Crippen molar-refractivity contribution in [2.24, 2.45) is 0 Å². The molecule has 0 fully saturated rings. The topological polar surface area (TPSA) is 105 Å². The third-order valence-electron chi connectivity index (χ3n) is 2.98. The first kappa shape index (κ1) is 14.3. The van der Waals surface area contributed by atoms with Crippen LogP contribution < -0.4 is 10.6 Å². The number of H-pyrrole nitrogens is 1. The molecule has 0 saturated heterocycles. The van der Waals surface area contributed by atoms with Gasteiger partial charge in [-0.1, -0.05) is 11.6 Å². The number of hydrogen-bond donors (Lipinski definition) is 3. The summed E-state index contributed by atoms with van der Waals surface area (Å²) in [5, 5.41) is 13.5. The number of halogens is 1. The summed E-state index contributed by atoms with van der Waals surface area (Å²) in [6, 6.07) is 3.61. The van der Waals surface area contributed by atoms with Gasteiger partial charge in [-0.25, -0.2) is 15.0 Å². The van der Waals surface area contributed by atoms with Gasteiger partial charge in [0.25, 0.3) is 0 Å². The van der Waals surface area contributed by atoms with Crippen LogP contribution in [0.1, 0.15) is 5.82 Å². The first-order valence-corrected chi connectivity index (χ1v) is 7.03. The number of furan rings is 1. The molecule has 8 nitrogen and oxygen atoms in total. The van der Waals surface area contributed by atoms with Gasteiger partial charge in [-0.05, 0) is 12.1 Å². The molecule has 0 aliphatic carbocycles. The van der Waals surface area contributed by atoms with Crippen LogP contribution in [0.4, 0.5) is 11.5 Å². The van der Waals surface area contributed by atoms with Gasteiger partial charge in [0.2, 0.25) is 5.82 Å². The van der Waals surface area contributed by atoms with Crippen LogP contribution in [0.15, 0.2) is 29.1 Å². The van der Waals surface area contributed by atoms with Crippen LogP contribution in [-0.2, 0) is 6.42 Å². The third-order valence-corrected chi connectivity index (χ3v) is 3.27. The van der Waals surface area contributed by atoms with Gasteiger partial charge in [-0.2, -0.15) is 5.10 Å². The predicted octanol–water partition coefficient (Wildman–Crippen LogP) is 2.20. The van der Waals surface area contributed by atoms with Gasteiger partial charge in [0.1, 0.15) is 17.8 Å². The maximum absolute atomic E-state index is 5.99. The molecule has 0 spiro atoms. The van der Waals surface area contributed by atoms with Crippen molar-refractivity contribution in [3.05, 3.63) is 35.7 Å². The molecule has 3 rings (SSSR count). The van der Waals surface area contributed by atoms with Crippen molar-refractivity contribution >= 4 is 23.1 Å². The Labute approximate surface area is 131 Å². The molecule has 3 heterocycles. The minimum absolute atomic E-state index is 0.375. The lowest BCUT2D eigenvalue weighted by Crippen LogP contribution is -2.10. The minimum atomic E-state index is 0.375. The second kappa shape index (κ2) is 6.44. The third kappa shape index (κ3) is 3.01. The summed E-state index contributed by atoms with van der Waals surface area (Å²) in [7, 11) is 1.77. The molecule has 0 bridgehead atoms. The average molecular weight is 320 g/mol. The lowest BCUT2D eigenvalue weighted by Gasteiger charge is -2.10. The Balaban J connectivity index is 1.61. The number of rotatable bonds is 6. The SMILES string of the molecule is CNc1c(Cl)ncnc1NCCc1nc(-c2ccco2)n[nH]1. The molecule has 0 saturated carbocycles. The monoisotopic (exact) mass is 319 g/mol. The van der Waals surface area contributed by atoms with Gasteiger partial charge in [-0.15, -0.1) is 0 Å². The van der Waals surface area contributed by atoms with Crippen LogP contribution in [0.2, 0.25) is 5.15 Å². The van der Waals surface area contributed by atoms with Gasteiger partial charge < -0.3 is 15.1 Å². The lowest BCUT2D eigenvalue weighted by molar-refractivity contribution is 0.577. The fraction of sp³-hybridized carbons (Fsp3) is 0.231. The van der Waals surface area contributed by atoms with Crippen molar-refractivity contribution in [1.29, 1.82) is 0 Å². The highest BCUT2D eigenvalue weighted by Gasteiger charge is 2.10. The van der Waals surface area contributed by atoms with E-state index in [9.17, 15) is 0 Å². The molecule has 0 aromatic carbocycles. The maximum atomic E-state index is 5.99. The summed E-state index contributed by atoms with van der Waals surface area (Å²) >= 11 is 5.99. The zero-order chi connectivity index (χ0) is 15.4. The number of nitrogens with zero attached hydrogens (tertiary/aromatic N) is 4. The molecular weight excluding hydrogens is 306 g/mol. The van der Waals surface area contributed by atoms with Crippen LogP contribution in [0.25, 0.3) is 11.6 Å². The van der Waals surface area contributed by atoms with Crippen molar-refractivity contribution in [2.75, 3.05) is 24.2 Å². The van der Waals surface area contributed by atoms with Crippen molar-refractivity contribution in [1.82, 2.24) is 25.1 Å². The Morgan fingerprint density at radius 3 is 3.05 bits per heavy atom. The highest BCUT2D eigenvalue weighted by Crippen LogP contribution is 2.25. The van der Waals surface area contributed by atoms with E-state index < -0.39 is 0 Å². The van der Waals surface area contributed by atoms with E-state index in [2.05, 4.69) is 35.8 Å². The van der Waals surface area contributed by atoms with Crippen LogP contribution in [0.3, 0.4) is 0 Å². The molecule has 22 heavy (non-hydrogen) atoms. The van der Waals surface area contributed by atoms with Gasteiger partial charge in [0.05, 0.1) is 6.26 Å². The van der Waals surface area contributed by atoms with E-state index in [0.717, 1.165) is 5.82 Å². The van der Waals surface area contributed by atoms with Crippen LogP contribution in [0, 0.1) is 0 Å². The van der Waals surface area contributed by atoms with Crippen molar-refractivity contribution in [3.63, 3.8) is 0 Å². The van der Waals surface area contributed by atoms with E-state index in [0.29, 0.717) is 41.2 Å². The Hall–Kier alpha value is -2.61. The van der Waals surface area contributed by atoms with E-state index in [1.807, 2.05) is 6.07 Å². The molecule has 0 amide bonds. The Morgan fingerprint density at radius 2 is 2.27 bits per heavy atom. The Morgan fingerprint density at radius 1 is 1.36 bits per heavy atom. The number of hydrogen-bond acceptors (Lipinski definition) is 7. The smallest absolute Gasteiger partial charge is 0.216 e. The van der Waals surface area contributed by atoms with E-state index >= 15 is 0 Å². The van der Waals surface area contributed by atoms with E-state index in [4.69, 9.17) is 16.0 Å². The van der Waals surface area contributed by atoms with Crippen LogP contribution >= 0.6 is 11.6 Å². The predicted molar refractivity (Wildman–Crippen MR) is 82.9 cm³/mol. The van der Waals surface area contributed by atoms with Gasteiger partial charge in [0.15, 0.2) is 16.7 Å². The quantitative estimate of drug-likeness (QED) is 0.598. The Bertz CT molecular complexity index is 741. The molecule has 0 radical (unpaired) electrons. The summed E-state index contributed by atoms with van der Waals surface area (Å²) in [6.45, 7) is 0.620. The zero-order valence-corrected chi connectivity index (χ0v) is 12.6. The average Bonchev–Trinajstić information content (AvgIpc) is 3.18. The van der Waals surface area contributed by atoms with Crippen LogP contribution in [0.5, 0.6) is 0 Å². The highest BCUT2D eigenvalue weighted by atomic mass is 35.5. The van der Waals surface area contributed by atoms with Crippen molar-refractivity contribution < 1.29 is 4.42 Å². The molecule has 0 unspecified atom stereocenters. The minimum Gasteiger partial charge on any atom is -0.461 e. The molecule has 0 aliphatic heterocycles. The molecule has 114 valence electrons. The van der Waals surface area contributed by atoms with Gasteiger partial charge >= 0.3 is 0 Å². The normalized spacial score (nSPS) is 10.6. The molecule has 0 atom stereocenters. The number of anilines is 2. The molecular formula is C13H14ClN7O. The number of nitrogens with one attached hydrogen (secondary N) is 3. The van der Waals surface area contributed by atoms with Gasteiger partial charge in [-0.3, -0.25) is 5.10 Å². The summed E-state index contributed by atoms with van der Waals surface area (Å²) < 4.78 is 5.25. The number of aromatic nitrogens is 5. The summed E-state index contributed by atoms with van der Waals surface area (Å²) in [4.78, 5) is 12.4. The van der Waals surface area contributed by atoms with Crippen LogP contribution in [-0.4, -0.2) is 38.7 Å². The first-order valence-electron chi connectivity index (χ1n) is 6.65. The van der Waals surface area contributed by atoms with E-state index in [-0.39, 0.29) is 0 Å². The van der Waals surface area contributed by atoms with Gasteiger partial charge in [0, 0.05) is 20.0 Å². The highest BCUT2D eigenvalue weighted by molar-refractivity contribution is 6.32. The second-order valence-electron chi connectivity index (χ2n) is 4.40. The molecule has 3 aromatic rings. The standard InChI is InChI=1S/C13H14ClN7O/c1-15-10-11(14)17-7-18-13(10)16-5-4-9-19-12(21-20-9)8-3-2-6-22-8/h2-3,6-7,15H,4-5H2,1H3,(H,16,17,18)(H,19,20,21). The fourth-order valence-corrected chi connectivity index (χ4v) is 2.17. The van der Waals surface area contributed by atoms with E-state index in [1.165, 1.54) is 6.33 Å². The van der Waals surface area contributed by atoms with Crippen molar-refractivity contribution in [3.8, 4) is 11.6 Å². The maximum Gasteiger partial charge on any atom is 0.216 e. The van der Waals surface area contributed by atoms with Crippen molar-refractivity contribution in [2.45, 2.75) is 6.42 Å². The molecule has 9 heteroatoms. The summed E-state index contributed by atoms with van der Waals surface area (Å²) in [5.74, 6) is 2.58. The molecule has 0 aliphatic rings. The zero-order valence-electron chi connectivity index (χ0n) is 11.8. The second-order valence-corrected chi connectivity index (χ2v) is 4.76. The largest absolute Gasteiger partial charge is 0.461 e. The summed E-state index contributed by atoms with van der Waals surface area (Å²) in [6.07, 6.45) is 3.65. The molecule has 3 N–H and O–H groups in total. The Kier molecular flexibility index (Phi) is 4.19. The summed E-state index contributed by atoms with van der Waals surface area (Å²) in [5.41, 5.74) is 0.665. The first-order chi connectivity index (χ1) is 10.8. The van der Waals surface area contributed by atoms with E-state index in [1.54, 1.807) is 19.4 Å².